The van der Waals surface area contributed by atoms with Gasteiger partial charge in [-0.15, -0.1) is 0 Å². The van der Waals surface area contributed by atoms with E-state index in [0.29, 0.717) is 0 Å². The molecule has 0 atom stereocenters. The SMILES string of the molecule is c1ccc(-c2ccc(-c3ccc(N(c4ccc5ccccc5c4)c4ccccc4-c4cccc5c4oc4cc6ccccc6cc45)cc3)cc2-c2ccccc2)cc1. The maximum atomic E-state index is 6.77. The Morgan fingerprint density at radius 2 is 0.879 bits per heavy atom. The summed E-state index contributed by atoms with van der Waals surface area (Å²) in [5, 5.41) is 7.02. The van der Waals surface area contributed by atoms with Crippen molar-refractivity contribution < 1.29 is 4.42 Å². The van der Waals surface area contributed by atoms with Crippen LogP contribution in [0, 0.1) is 0 Å². The van der Waals surface area contributed by atoms with Crippen molar-refractivity contribution in [3.8, 4) is 44.5 Å². The highest BCUT2D eigenvalue weighted by Gasteiger charge is 2.21. The molecule has 2 nitrogen and oxygen atoms in total. The molecule has 0 aliphatic rings. The molecule has 0 amide bonds. The number of benzene rings is 10. The van der Waals surface area contributed by atoms with E-state index in [1.165, 1.54) is 49.4 Å². The molecule has 0 aliphatic carbocycles. The molecule has 58 heavy (non-hydrogen) atoms. The lowest BCUT2D eigenvalue weighted by atomic mass is 9.91. The van der Waals surface area contributed by atoms with Crippen LogP contribution in [0.5, 0.6) is 0 Å². The fraction of sp³-hybridized carbons (Fsp3) is 0. The van der Waals surface area contributed by atoms with Crippen LogP contribution >= 0.6 is 0 Å². The number of hydrogen-bond acceptors (Lipinski definition) is 2. The highest BCUT2D eigenvalue weighted by Crippen LogP contribution is 2.45. The van der Waals surface area contributed by atoms with Crippen LogP contribution in [0.4, 0.5) is 17.1 Å². The van der Waals surface area contributed by atoms with Crippen LogP contribution in [0.25, 0.3) is 88.0 Å². The molecule has 0 aliphatic heterocycles. The topological polar surface area (TPSA) is 16.4 Å². The highest BCUT2D eigenvalue weighted by atomic mass is 16.3. The zero-order chi connectivity index (χ0) is 38.4. The molecule has 272 valence electrons. The number of rotatable bonds is 7. The predicted molar refractivity (Wildman–Crippen MR) is 245 cm³/mol. The summed E-state index contributed by atoms with van der Waals surface area (Å²) >= 11 is 0. The zero-order valence-electron chi connectivity index (χ0n) is 31.7. The van der Waals surface area contributed by atoms with Gasteiger partial charge < -0.3 is 9.32 Å². The molecular weight excluding hydrogens is 703 g/mol. The molecule has 0 saturated carbocycles. The number of furan rings is 1. The van der Waals surface area contributed by atoms with Gasteiger partial charge in [-0.05, 0) is 103 Å². The zero-order valence-corrected chi connectivity index (χ0v) is 31.7. The van der Waals surface area contributed by atoms with Crippen LogP contribution in [0.2, 0.25) is 0 Å². The smallest absolute Gasteiger partial charge is 0.143 e. The van der Waals surface area contributed by atoms with Crippen LogP contribution in [0.15, 0.2) is 229 Å². The van der Waals surface area contributed by atoms with Gasteiger partial charge in [-0.2, -0.15) is 0 Å². The predicted octanol–water partition coefficient (Wildman–Crippen LogP) is 16.0. The number of nitrogens with zero attached hydrogens (tertiary/aromatic N) is 1. The molecule has 0 fully saturated rings. The third-order valence-electron chi connectivity index (χ3n) is 11.4. The molecule has 0 saturated heterocycles. The molecule has 1 aromatic heterocycles. The summed E-state index contributed by atoms with van der Waals surface area (Å²) in [6.07, 6.45) is 0. The number of para-hydroxylation sites is 2. The van der Waals surface area contributed by atoms with Crippen LogP contribution in [-0.2, 0) is 0 Å². The molecule has 11 aromatic rings. The summed E-state index contributed by atoms with van der Waals surface area (Å²) in [5.74, 6) is 0. The molecule has 0 spiro atoms. The van der Waals surface area contributed by atoms with Gasteiger partial charge in [-0.1, -0.05) is 176 Å². The number of anilines is 3. The van der Waals surface area contributed by atoms with E-state index in [2.05, 4.69) is 229 Å². The Labute approximate surface area is 337 Å². The van der Waals surface area contributed by atoms with Crippen molar-refractivity contribution in [3.63, 3.8) is 0 Å². The Kier molecular flexibility index (Phi) is 8.19. The summed E-state index contributed by atoms with van der Waals surface area (Å²) in [7, 11) is 0. The van der Waals surface area contributed by atoms with Crippen molar-refractivity contribution in [1.82, 2.24) is 0 Å². The van der Waals surface area contributed by atoms with Crippen LogP contribution in [0.1, 0.15) is 0 Å². The maximum Gasteiger partial charge on any atom is 0.143 e. The first-order chi connectivity index (χ1) is 28.7. The van der Waals surface area contributed by atoms with E-state index in [1.54, 1.807) is 0 Å². The van der Waals surface area contributed by atoms with E-state index in [4.69, 9.17) is 4.42 Å². The standard InChI is InChI=1S/C56H37NO/c1-3-15-40(16-4-1)48-33-29-45(35-52(48)41-17-5-2-6-18-41)39-26-30-46(31-27-39)57(47-32-28-38-14-7-8-19-42(38)34-47)54-25-12-11-22-49(54)50-23-13-24-51-53-36-43-20-9-10-21-44(43)37-55(53)58-56(50)51/h1-37H. The van der Waals surface area contributed by atoms with Crippen LogP contribution < -0.4 is 4.90 Å². The summed E-state index contributed by atoms with van der Waals surface area (Å²) in [6, 6.07) is 80.6. The Balaban J connectivity index is 1.06. The second-order valence-corrected chi connectivity index (χ2v) is 14.9. The molecule has 10 aromatic carbocycles. The first-order valence-electron chi connectivity index (χ1n) is 19.8. The molecular formula is C56H37NO. The first-order valence-corrected chi connectivity index (χ1v) is 19.8. The maximum absolute atomic E-state index is 6.77. The monoisotopic (exact) mass is 739 g/mol. The van der Waals surface area contributed by atoms with Gasteiger partial charge in [-0.3, -0.25) is 0 Å². The van der Waals surface area contributed by atoms with E-state index >= 15 is 0 Å². The van der Waals surface area contributed by atoms with Crippen LogP contribution in [0.3, 0.4) is 0 Å². The number of fused-ring (bicyclic) bond motifs is 5. The van der Waals surface area contributed by atoms with Gasteiger partial charge in [0, 0.05) is 33.3 Å². The Morgan fingerprint density at radius 3 is 1.64 bits per heavy atom. The van der Waals surface area contributed by atoms with Gasteiger partial charge in [0.05, 0.1) is 5.69 Å². The van der Waals surface area contributed by atoms with Crippen molar-refractivity contribution in [3.05, 3.63) is 224 Å². The minimum atomic E-state index is 0.891. The minimum Gasteiger partial charge on any atom is -0.455 e. The summed E-state index contributed by atoms with van der Waals surface area (Å²) in [5.41, 5.74) is 14.3. The van der Waals surface area contributed by atoms with Crippen molar-refractivity contribution >= 4 is 60.5 Å². The second kappa shape index (κ2) is 14.1. The molecule has 0 N–H and O–H groups in total. The number of hydrogen-bond donors (Lipinski definition) is 0. The summed E-state index contributed by atoms with van der Waals surface area (Å²) in [4.78, 5) is 2.38. The van der Waals surface area contributed by atoms with Gasteiger partial charge in [0.25, 0.3) is 0 Å². The van der Waals surface area contributed by atoms with E-state index in [0.717, 1.165) is 55.7 Å². The Hall–Kier alpha value is -7.68. The molecule has 2 heteroatoms. The molecule has 0 radical (unpaired) electrons. The quantitative estimate of drug-likeness (QED) is 0.162. The van der Waals surface area contributed by atoms with E-state index in [1.807, 2.05) is 0 Å². The lowest BCUT2D eigenvalue weighted by molar-refractivity contribution is 0.670. The second-order valence-electron chi connectivity index (χ2n) is 14.9. The summed E-state index contributed by atoms with van der Waals surface area (Å²) < 4.78 is 6.77. The van der Waals surface area contributed by atoms with Crippen LogP contribution in [-0.4, -0.2) is 0 Å². The van der Waals surface area contributed by atoms with Crippen molar-refractivity contribution in [1.29, 1.82) is 0 Å². The normalized spacial score (nSPS) is 11.4. The van der Waals surface area contributed by atoms with Gasteiger partial charge in [-0.25, -0.2) is 0 Å². The van der Waals surface area contributed by atoms with Gasteiger partial charge in [0.15, 0.2) is 0 Å². The van der Waals surface area contributed by atoms with Gasteiger partial charge in [0.2, 0.25) is 0 Å². The van der Waals surface area contributed by atoms with Gasteiger partial charge >= 0.3 is 0 Å². The molecule has 1 heterocycles. The third-order valence-corrected chi connectivity index (χ3v) is 11.4. The Morgan fingerprint density at radius 1 is 0.293 bits per heavy atom. The third kappa shape index (κ3) is 5.91. The van der Waals surface area contributed by atoms with E-state index < -0.39 is 0 Å². The van der Waals surface area contributed by atoms with E-state index in [-0.39, 0.29) is 0 Å². The Bertz CT molecular complexity index is 3270. The molecule has 0 unspecified atom stereocenters. The lowest BCUT2D eigenvalue weighted by Crippen LogP contribution is -2.11. The average molecular weight is 740 g/mol. The fourth-order valence-corrected chi connectivity index (χ4v) is 8.59. The van der Waals surface area contributed by atoms with E-state index in [9.17, 15) is 0 Å². The average Bonchev–Trinajstić information content (AvgIpc) is 3.66. The van der Waals surface area contributed by atoms with Crippen molar-refractivity contribution in [2.45, 2.75) is 0 Å². The largest absolute Gasteiger partial charge is 0.455 e. The molecule has 11 rings (SSSR count). The first kappa shape index (κ1) is 33.6. The minimum absolute atomic E-state index is 0.891. The lowest BCUT2D eigenvalue weighted by Gasteiger charge is -2.28. The van der Waals surface area contributed by atoms with Crippen molar-refractivity contribution in [2.75, 3.05) is 4.90 Å². The summed E-state index contributed by atoms with van der Waals surface area (Å²) in [6.45, 7) is 0. The van der Waals surface area contributed by atoms with Crippen molar-refractivity contribution in [2.24, 2.45) is 0 Å². The fourth-order valence-electron chi connectivity index (χ4n) is 8.59. The molecule has 0 bridgehead atoms. The van der Waals surface area contributed by atoms with Gasteiger partial charge in [0.1, 0.15) is 11.2 Å². The highest BCUT2D eigenvalue weighted by molar-refractivity contribution is 6.14.